The van der Waals surface area contributed by atoms with E-state index in [0.717, 1.165) is 6.42 Å². The zero-order chi connectivity index (χ0) is 11.4. The van der Waals surface area contributed by atoms with Crippen LogP contribution in [0.3, 0.4) is 0 Å². The van der Waals surface area contributed by atoms with Crippen LogP contribution in [-0.2, 0) is 9.90 Å². The van der Waals surface area contributed by atoms with E-state index in [-0.39, 0.29) is 6.42 Å². The van der Waals surface area contributed by atoms with Gasteiger partial charge >= 0.3 is 5.97 Å². The summed E-state index contributed by atoms with van der Waals surface area (Å²) in [5.41, 5.74) is 0. The fraction of sp³-hybridized carbons (Fsp3) is 0.769. The minimum absolute atomic E-state index is 0.0521. The molecule has 0 aliphatic heterocycles. The predicted molar refractivity (Wildman–Crippen MR) is 62.1 cm³/mol. The molecule has 0 bridgehead atoms. The van der Waals surface area contributed by atoms with Crippen molar-refractivity contribution >= 4 is 5.97 Å². The maximum absolute atomic E-state index is 10.1. The van der Waals surface area contributed by atoms with Crippen LogP contribution >= 0.6 is 0 Å². The highest BCUT2D eigenvalue weighted by Crippen LogP contribution is 2.08. The Bertz CT molecular complexity index is 173. The van der Waals surface area contributed by atoms with Crippen molar-refractivity contribution in [2.75, 3.05) is 0 Å². The minimum Gasteiger partial charge on any atom is -0.247 e. The highest BCUT2D eigenvalue weighted by molar-refractivity contribution is 5.68. The third-order valence-electron chi connectivity index (χ3n) is 2.43. The Kier molecular flexibility index (Phi) is 10.7. The molecule has 0 rings (SSSR count). The normalized spacial score (nSPS) is 11.0. The molecule has 0 aliphatic carbocycles. The summed E-state index contributed by atoms with van der Waals surface area (Å²) >= 11 is 0. The topological polar surface area (TPSA) is 37.0 Å². The summed E-state index contributed by atoms with van der Waals surface area (Å²) in [6.07, 6.45) is 13.8. The van der Waals surface area contributed by atoms with E-state index in [1.54, 1.807) is 6.08 Å². The highest BCUT2D eigenvalue weighted by Gasteiger charge is 1.92. The summed E-state index contributed by atoms with van der Waals surface area (Å²) in [5.74, 6) is -0.995. The number of allylic oxidation sites excluding steroid dienone is 1. The van der Waals surface area contributed by atoms with Crippen molar-refractivity contribution in [3.8, 4) is 0 Å². The lowest BCUT2D eigenvalue weighted by Gasteiger charge is -1.98. The van der Waals surface area contributed by atoms with Gasteiger partial charge in [0.25, 0.3) is 0 Å². The first-order valence-corrected chi connectivity index (χ1v) is 6.12. The van der Waals surface area contributed by atoms with E-state index in [4.69, 9.17) is 0 Å². The number of carbonyl (C=O) groups excluding carboxylic acids is 1. The lowest BCUT2D eigenvalue weighted by molar-refractivity contribution is -0.142. The largest absolute Gasteiger partial charge is 0.359 e. The molecule has 1 radical (unpaired) electrons. The van der Waals surface area contributed by atoms with Crippen LogP contribution in [0.5, 0.6) is 0 Å². The Morgan fingerprint density at radius 1 is 0.933 bits per heavy atom. The van der Waals surface area contributed by atoms with Gasteiger partial charge in [-0.05, 0) is 12.8 Å². The second-order valence-corrected chi connectivity index (χ2v) is 3.96. The summed E-state index contributed by atoms with van der Waals surface area (Å²) in [6.45, 7) is 2.22. The smallest absolute Gasteiger partial charge is 0.247 e. The van der Waals surface area contributed by atoms with Gasteiger partial charge in [-0.15, -0.1) is 0 Å². The van der Waals surface area contributed by atoms with Crippen LogP contribution in [0.1, 0.15) is 64.7 Å². The van der Waals surface area contributed by atoms with Crippen LogP contribution in [0.2, 0.25) is 0 Å². The molecular weight excluding hydrogens is 188 g/mol. The van der Waals surface area contributed by atoms with Crippen LogP contribution < -0.4 is 0 Å². The summed E-state index contributed by atoms with van der Waals surface area (Å²) in [5, 5.41) is 10.1. The van der Waals surface area contributed by atoms with Gasteiger partial charge in [-0.3, -0.25) is 0 Å². The molecule has 87 valence electrons. The Morgan fingerprint density at radius 2 is 1.53 bits per heavy atom. The standard InChI is InChI=1S/C13H23O2/c1-2-3-4-5-6-7-8-9-10-11-12-13(14)15/h10-11H,2-9,12H2,1H3/b11-10+. The van der Waals surface area contributed by atoms with Gasteiger partial charge in [-0.2, -0.15) is 0 Å². The van der Waals surface area contributed by atoms with E-state index in [2.05, 4.69) is 6.92 Å². The number of rotatable bonds is 10. The first-order valence-electron chi connectivity index (χ1n) is 6.12. The molecule has 2 heteroatoms. The molecule has 0 spiro atoms. The molecule has 0 N–H and O–H groups in total. The van der Waals surface area contributed by atoms with E-state index in [9.17, 15) is 9.90 Å². The first kappa shape index (κ1) is 14.2. The van der Waals surface area contributed by atoms with E-state index < -0.39 is 5.97 Å². The van der Waals surface area contributed by atoms with E-state index >= 15 is 0 Å². The van der Waals surface area contributed by atoms with Crippen molar-refractivity contribution in [1.29, 1.82) is 0 Å². The first-order chi connectivity index (χ1) is 7.27. The van der Waals surface area contributed by atoms with E-state index in [0.29, 0.717) is 0 Å². The highest BCUT2D eigenvalue weighted by atomic mass is 16.4. The van der Waals surface area contributed by atoms with Gasteiger partial charge in [0.15, 0.2) is 0 Å². The van der Waals surface area contributed by atoms with Gasteiger partial charge in [0, 0.05) is 0 Å². The van der Waals surface area contributed by atoms with E-state index in [1.165, 1.54) is 44.9 Å². The van der Waals surface area contributed by atoms with Crippen LogP contribution in [0, 0.1) is 0 Å². The fourth-order valence-electron chi connectivity index (χ4n) is 1.52. The lowest BCUT2D eigenvalue weighted by Crippen LogP contribution is -1.87. The number of hydrogen-bond donors (Lipinski definition) is 0. The quantitative estimate of drug-likeness (QED) is 0.397. The van der Waals surface area contributed by atoms with Gasteiger partial charge in [0.2, 0.25) is 0 Å². The molecule has 0 fully saturated rings. The third-order valence-corrected chi connectivity index (χ3v) is 2.43. The number of carbonyl (C=O) groups is 1. The SMILES string of the molecule is CCCCCCCCC/C=C/CC([O])=O. The molecule has 0 aromatic rings. The molecule has 0 aromatic carbocycles. The summed E-state index contributed by atoms with van der Waals surface area (Å²) in [4.78, 5) is 10.1. The second kappa shape index (κ2) is 11.3. The van der Waals surface area contributed by atoms with Gasteiger partial charge in [-0.25, -0.2) is 9.90 Å². The lowest BCUT2D eigenvalue weighted by atomic mass is 10.1. The molecule has 0 saturated heterocycles. The molecule has 0 saturated carbocycles. The van der Waals surface area contributed by atoms with Gasteiger partial charge in [0.05, 0.1) is 6.42 Å². The average Bonchev–Trinajstić information content (AvgIpc) is 2.20. The van der Waals surface area contributed by atoms with Gasteiger partial charge in [0.1, 0.15) is 0 Å². The molecule has 0 aliphatic rings. The van der Waals surface area contributed by atoms with Crippen LogP contribution in [0.15, 0.2) is 12.2 Å². The van der Waals surface area contributed by atoms with Crippen LogP contribution in [0.25, 0.3) is 0 Å². The maximum atomic E-state index is 10.1. The Morgan fingerprint density at radius 3 is 2.13 bits per heavy atom. The summed E-state index contributed by atoms with van der Waals surface area (Å²) in [6, 6.07) is 0. The van der Waals surface area contributed by atoms with Crippen molar-refractivity contribution in [2.45, 2.75) is 64.7 Å². The zero-order valence-corrected chi connectivity index (χ0v) is 9.84. The zero-order valence-electron chi connectivity index (χ0n) is 9.84. The Balaban J connectivity index is 3.04. The monoisotopic (exact) mass is 211 g/mol. The second-order valence-electron chi connectivity index (χ2n) is 3.96. The molecule has 0 heterocycles. The van der Waals surface area contributed by atoms with Crippen molar-refractivity contribution in [1.82, 2.24) is 0 Å². The molecule has 0 amide bonds. The van der Waals surface area contributed by atoms with Gasteiger partial charge in [-0.1, -0.05) is 57.6 Å². The Labute approximate surface area is 93.4 Å². The van der Waals surface area contributed by atoms with E-state index in [1.807, 2.05) is 6.08 Å². The number of hydrogen-bond acceptors (Lipinski definition) is 1. The molecule has 0 aromatic heterocycles. The average molecular weight is 211 g/mol. The molecule has 2 nitrogen and oxygen atoms in total. The molecule has 0 atom stereocenters. The van der Waals surface area contributed by atoms with Crippen LogP contribution in [0.4, 0.5) is 0 Å². The van der Waals surface area contributed by atoms with Crippen molar-refractivity contribution in [2.24, 2.45) is 0 Å². The number of unbranched alkanes of at least 4 members (excludes halogenated alkanes) is 7. The fourth-order valence-corrected chi connectivity index (χ4v) is 1.52. The molecule has 0 unspecified atom stereocenters. The maximum Gasteiger partial charge on any atom is 0.359 e. The van der Waals surface area contributed by atoms with Crippen molar-refractivity contribution in [3.05, 3.63) is 12.2 Å². The minimum atomic E-state index is -0.995. The van der Waals surface area contributed by atoms with Gasteiger partial charge < -0.3 is 0 Å². The third kappa shape index (κ3) is 13.2. The molecular formula is C13H23O2. The van der Waals surface area contributed by atoms with Crippen molar-refractivity contribution in [3.63, 3.8) is 0 Å². The molecule has 15 heavy (non-hydrogen) atoms. The summed E-state index contributed by atoms with van der Waals surface area (Å²) < 4.78 is 0. The summed E-state index contributed by atoms with van der Waals surface area (Å²) in [7, 11) is 0. The Hall–Kier alpha value is -0.790. The van der Waals surface area contributed by atoms with Crippen molar-refractivity contribution < 1.29 is 9.90 Å². The van der Waals surface area contributed by atoms with Crippen LogP contribution in [-0.4, -0.2) is 5.97 Å². The predicted octanol–water partition coefficient (Wildman–Crippen LogP) is 4.03.